The zero-order valence-electron chi connectivity index (χ0n) is 13.7. The fourth-order valence-electron chi connectivity index (χ4n) is 2.77. The van der Waals surface area contributed by atoms with Crippen LogP contribution in [0.3, 0.4) is 0 Å². The number of anilines is 3. The van der Waals surface area contributed by atoms with Crippen LogP contribution in [0.1, 0.15) is 13.3 Å². The van der Waals surface area contributed by atoms with Crippen LogP contribution in [-0.4, -0.2) is 37.1 Å². The van der Waals surface area contributed by atoms with Crippen molar-refractivity contribution in [3.05, 3.63) is 47.6 Å². The number of aromatic nitrogens is 1. The van der Waals surface area contributed by atoms with E-state index in [4.69, 9.17) is 11.6 Å². The number of piperazine rings is 1. The van der Waals surface area contributed by atoms with Crippen molar-refractivity contribution in [2.24, 2.45) is 0 Å². The molecule has 1 aromatic heterocycles. The number of benzene rings is 1. The second-order valence-corrected chi connectivity index (χ2v) is 6.19. The molecule has 0 aliphatic carbocycles. The van der Waals surface area contributed by atoms with Crippen molar-refractivity contribution in [3.63, 3.8) is 0 Å². The third-order valence-electron chi connectivity index (χ3n) is 4.15. The van der Waals surface area contributed by atoms with Crippen molar-refractivity contribution in [1.82, 2.24) is 4.98 Å². The molecule has 126 valence electrons. The van der Waals surface area contributed by atoms with E-state index < -0.39 is 0 Å². The molecule has 1 saturated heterocycles. The van der Waals surface area contributed by atoms with Crippen molar-refractivity contribution >= 4 is 34.7 Å². The molecule has 2 heterocycles. The summed E-state index contributed by atoms with van der Waals surface area (Å²) < 4.78 is 0. The van der Waals surface area contributed by atoms with Gasteiger partial charge in [-0.05, 0) is 30.3 Å². The first-order valence-electron chi connectivity index (χ1n) is 8.17. The first-order chi connectivity index (χ1) is 11.7. The molecular weight excluding hydrogens is 324 g/mol. The standard InChI is InChI=1S/C18H21ClN4O/c1-2-18(24)21-17-7-6-16(13-20-17)23-10-8-22(9-11-23)15-5-3-4-14(19)12-15/h3-7,12-13H,2,8-11H2,1H3,(H,20,21,24). The van der Waals surface area contributed by atoms with Gasteiger partial charge in [0.05, 0.1) is 11.9 Å². The third kappa shape index (κ3) is 3.97. The molecule has 5 nitrogen and oxygen atoms in total. The van der Waals surface area contributed by atoms with Crippen LogP contribution in [0, 0.1) is 0 Å². The minimum absolute atomic E-state index is 0.0228. The summed E-state index contributed by atoms with van der Waals surface area (Å²) in [6, 6.07) is 11.8. The summed E-state index contributed by atoms with van der Waals surface area (Å²) >= 11 is 6.07. The van der Waals surface area contributed by atoms with Crippen LogP contribution in [0.5, 0.6) is 0 Å². The highest BCUT2D eigenvalue weighted by molar-refractivity contribution is 6.30. The average Bonchev–Trinajstić information content (AvgIpc) is 2.62. The highest BCUT2D eigenvalue weighted by Gasteiger charge is 2.18. The van der Waals surface area contributed by atoms with E-state index in [2.05, 4.69) is 26.2 Å². The molecule has 1 amide bonds. The van der Waals surface area contributed by atoms with E-state index in [-0.39, 0.29) is 5.91 Å². The smallest absolute Gasteiger partial charge is 0.225 e. The molecule has 2 aromatic rings. The Bertz CT molecular complexity index is 696. The summed E-state index contributed by atoms with van der Waals surface area (Å²) in [6.07, 6.45) is 2.27. The normalized spacial score (nSPS) is 14.6. The van der Waals surface area contributed by atoms with Gasteiger partial charge in [0.25, 0.3) is 0 Å². The van der Waals surface area contributed by atoms with E-state index in [9.17, 15) is 4.79 Å². The number of nitrogens with zero attached hydrogens (tertiary/aromatic N) is 3. The molecule has 0 spiro atoms. The quantitative estimate of drug-likeness (QED) is 0.923. The van der Waals surface area contributed by atoms with Crippen molar-refractivity contribution in [3.8, 4) is 0 Å². The molecule has 1 aromatic carbocycles. The van der Waals surface area contributed by atoms with E-state index >= 15 is 0 Å². The number of carbonyl (C=O) groups is 1. The lowest BCUT2D eigenvalue weighted by Crippen LogP contribution is -2.46. The molecule has 3 rings (SSSR count). The highest BCUT2D eigenvalue weighted by atomic mass is 35.5. The summed E-state index contributed by atoms with van der Waals surface area (Å²) in [5, 5.41) is 3.53. The largest absolute Gasteiger partial charge is 0.368 e. The fraction of sp³-hybridized carbons (Fsp3) is 0.333. The zero-order chi connectivity index (χ0) is 16.9. The topological polar surface area (TPSA) is 48.5 Å². The summed E-state index contributed by atoms with van der Waals surface area (Å²) in [5.41, 5.74) is 2.24. The number of pyridine rings is 1. The Morgan fingerprint density at radius 1 is 1.12 bits per heavy atom. The molecular formula is C18H21ClN4O. The van der Waals surface area contributed by atoms with Crippen LogP contribution in [0.4, 0.5) is 17.2 Å². The Morgan fingerprint density at radius 3 is 2.42 bits per heavy atom. The zero-order valence-corrected chi connectivity index (χ0v) is 14.5. The average molecular weight is 345 g/mol. The molecule has 24 heavy (non-hydrogen) atoms. The van der Waals surface area contributed by atoms with Gasteiger partial charge in [-0.3, -0.25) is 4.79 Å². The molecule has 1 aliphatic rings. The number of hydrogen-bond acceptors (Lipinski definition) is 4. The lowest BCUT2D eigenvalue weighted by molar-refractivity contribution is -0.115. The van der Waals surface area contributed by atoms with Gasteiger partial charge in [-0.2, -0.15) is 0 Å². The van der Waals surface area contributed by atoms with Crippen LogP contribution in [0.15, 0.2) is 42.6 Å². The van der Waals surface area contributed by atoms with Gasteiger partial charge in [-0.15, -0.1) is 0 Å². The molecule has 0 radical (unpaired) electrons. The predicted octanol–water partition coefficient (Wildman–Crippen LogP) is 3.41. The summed E-state index contributed by atoms with van der Waals surface area (Å²) in [7, 11) is 0. The van der Waals surface area contributed by atoms with Crippen LogP contribution in [0.2, 0.25) is 5.02 Å². The summed E-state index contributed by atoms with van der Waals surface area (Å²) in [4.78, 5) is 20.4. The van der Waals surface area contributed by atoms with Crippen LogP contribution in [-0.2, 0) is 4.79 Å². The van der Waals surface area contributed by atoms with Gasteiger partial charge in [0.15, 0.2) is 0 Å². The monoisotopic (exact) mass is 344 g/mol. The Balaban J connectivity index is 1.59. The van der Waals surface area contributed by atoms with Crippen molar-refractivity contribution < 1.29 is 4.79 Å². The van der Waals surface area contributed by atoms with Gasteiger partial charge in [0, 0.05) is 43.3 Å². The molecule has 1 aliphatic heterocycles. The van der Waals surface area contributed by atoms with Gasteiger partial charge >= 0.3 is 0 Å². The summed E-state index contributed by atoms with van der Waals surface area (Å²) in [6.45, 7) is 5.55. The lowest BCUT2D eigenvalue weighted by atomic mass is 10.2. The molecule has 0 saturated carbocycles. The van der Waals surface area contributed by atoms with Crippen molar-refractivity contribution in [2.45, 2.75) is 13.3 Å². The van der Waals surface area contributed by atoms with Gasteiger partial charge in [0.2, 0.25) is 5.91 Å². The molecule has 0 bridgehead atoms. The minimum atomic E-state index is -0.0228. The molecule has 0 unspecified atom stereocenters. The van der Waals surface area contributed by atoms with E-state index in [0.717, 1.165) is 42.6 Å². The van der Waals surface area contributed by atoms with Crippen molar-refractivity contribution in [1.29, 1.82) is 0 Å². The maximum absolute atomic E-state index is 11.4. The number of carbonyl (C=O) groups excluding carboxylic acids is 1. The third-order valence-corrected chi connectivity index (χ3v) is 4.39. The Labute approximate surface area is 147 Å². The van der Waals surface area contributed by atoms with Crippen LogP contribution in [0.25, 0.3) is 0 Å². The van der Waals surface area contributed by atoms with E-state index in [1.165, 1.54) is 0 Å². The molecule has 6 heteroatoms. The Kier molecular flexibility index (Phi) is 5.20. The fourth-order valence-corrected chi connectivity index (χ4v) is 2.96. The van der Waals surface area contributed by atoms with Crippen LogP contribution >= 0.6 is 11.6 Å². The lowest BCUT2D eigenvalue weighted by Gasteiger charge is -2.37. The van der Waals surface area contributed by atoms with Gasteiger partial charge in [-0.1, -0.05) is 24.6 Å². The maximum Gasteiger partial charge on any atom is 0.225 e. The molecule has 0 atom stereocenters. The number of rotatable bonds is 4. The van der Waals surface area contributed by atoms with E-state index in [0.29, 0.717) is 12.2 Å². The SMILES string of the molecule is CCC(=O)Nc1ccc(N2CCN(c3cccc(Cl)c3)CC2)cn1. The number of halogens is 1. The van der Waals surface area contributed by atoms with Gasteiger partial charge in [0.1, 0.15) is 5.82 Å². The minimum Gasteiger partial charge on any atom is -0.368 e. The van der Waals surface area contributed by atoms with Gasteiger partial charge < -0.3 is 15.1 Å². The van der Waals surface area contributed by atoms with Crippen LogP contribution < -0.4 is 15.1 Å². The Morgan fingerprint density at radius 2 is 1.83 bits per heavy atom. The number of nitrogens with one attached hydrogen (secondary N) is 1. The first-order valence-corrected chi connectivity index (χ1v) is 8.55. The molecule has 1 N–H and O–H groups in total. The van der Waals surface area contributed by atoms with Crippen molar-refractivity contribution in [2.75, 3.05) is 41.3 Å². The van der Waals surface area contributed by atoms with E-state index in [1.54, 1.807) is 0 Å². The highest BCUT2D eigenvalue weighted by Crippen LogP contribution is 2.23. The first kappa shape index (κ1) is 16.6. The second kappa shape index (κ2) is 7.53. The second-order valence-electron chi connectivity index (χ2n) is 5.76. The van der Waals surface area contributed by atoms with E-state index in [1.807, 2.05) is 43.5 Å². The number of amides is 1. The Hall–Kier alpha value is -2.27. The maximum atomic E-state index is 11.4. The predicted molar refractivity (Wildman–Crippen MR) is 99.0 cm³/mol. The van der Waals surface area contributed by atoms with Gasteiger partial charge in [-0.25, -0.2) is 4.98 Å². The number of hydrogen-bond donors (Lipinski definition) is 1. The summed E-state index contributed by atoms with van der Waals surface area (Å²) in [5.74, 6) is 0.577. The molecule has 1 fully saturated rings.